The summed E-state index contributed by atoms with van der Waals surface area (Å²) in [5.41, 5.74) is 2.63. The van der Waals surface area contributed by atoms with Gasteiger partial charge in [-0.15, -0.1) is 0 Å². The molecule has 1 fully saturated rings. The van der Waals surface area contributed by atoms with Gasteiger partial charge in [0, 0.05) is 49.9 Å². The Labute approximate surface area is 149 Å². The van der Waals surface area contributed by atoms with E-state index >= 15 is 0 Å². The van der Waals surface area contributed by atoms with E-state index in [0.717, 1.165) is 44.2 Å². The van der Waals surface area contributed by atoms with E-state index in [2.05, 4.69) is 64.4 Å². The fourth-order valence-electron chi connectivity index (χ4n) is 3.07. The first kappa shape index (κ1) is 17.3. The van der Waals surface area contributed by atoms with Crippen molar-refractivity contribution in [1.29, 1.82) is 0 Å². The number of para-hydroxylation sites is 1. The minimum absolute atomic E-state index is 0.248. The Morgan fingerprint density at radius 1 is 0.875 bits per heavy atom. The monoisotopic (exact) mass is 342 g/mol. The van der Waals surface area contributed by atoms with Crippen LogP contribution >= 0.6 is 11.8 Å². The predicted molar refractivity (Wildman–Crippen MR) is 104 cm³/mol. The molecule has 2 aromatic rings. The smallest absolute Gasteiger partial charge is 0.0757 e. The second-order valence-electron chi connectivity index (χ2n) is 6.28. The van der Waals surface area contributed by atoms with Crippen LogP contribution in [0.5, 0.6) is 0 Å². The van der Waals surface area contributed by atoms with Crippen LogP contribution in [0.3, 0.4) is 0 Å². The zero-order valence-corrected chi connectivity index (χ0v) is 14.9. The molecule has 1 aliphatic rings. The molecule has 0 spiro atoms. The molecule has 24 heavy (non-hydrogen) atoms. The molecule has 4 heteroatoms. The lowest BCUT2D eigenvalue weighted by atomic mass is 10.2. The van der Waals surface area contributed by atoms with Gasteiger partial charge in [0.15, 0.2) is 0 Å². The Hall–Kier alpha value is -1.49. The molecule has 128 valence electrons. The Kier molecular flexibility index (Phi) is 6.58. The lowest BCUT2D eigenvalue weighted by Crippen LogP contribution is -2.48. The van der Waals surface area contributed by atoms with Crippen molar-refractivity contribution < 1.29 is 5.11 Å². The van der Waals surface area contributed by atoms with Gasteiger partial charge in [0.25, 0.3) is 0 Å². The highest BCUT2D eigenvalue weighted by Crippen LogP contribution is 2.17. The van der Waals surface area contributed by atoms with Gasteiger partial charge < -0.3 is 10.0 Å². The zero-order valence-electron chi connectivity index (χ0n) is 14.1. The number of piperazine rings is 1. The maximum absolute atomic E-state index is 10.3. The van der Waals surface area contributed by atoms with Gasteiger partial charge in [0.05, 0.1) is 6.10 Å². The Morgan fingerprint density at radius 2 is 1.50 bits per heavy atom. The van der Waals surface area contributed by atoms with Crippen LogP contribution in [0, 0.1) is 0 Å². The normalized spacial score (nSPS) is 17.0. The second kappa shape index (κ2) is 9.11. The highest BCUT2D eigenvalue weighted by molar-refractivity contribution is 7.98. The summed E-state index contributed by atoms with van der Waals surface area (Å²) in [6.45, 7) is 4.90. The summed E-state index contributed by atoms with van der Waals surface area (Å²) in [5.74, 6) is 1.77. The van der Waals surface area contributed by atoms with Gasteiger partial charge in [-0.05, 0) is 17.7 Å². The summed E-state index contributed by atoms with van der Waals surface area (Å²) in [4.78, 5) is 4.81. The molecule has 0 bridgehead atoms. The molecular weight excluding hydrogens is 316 g/mol. The van der Waals surface area contributed by atoms with Gasteiger partial charge in [0.2, 0.25) is 0 Å². The number of nitrogens with zero attached hydrogens (tertiary/aromatic N) is 2. The third-order valence-electron chi connectivity index (χ3n) is 4.38. The second-order valence-corrected chi connectivity index (χ2v) is 7.31. The first-order valence-corrected chi connectivity index (χ1v) is 9.79. The molecule has 0 amide bonds. The molecule has 1 unspecified atom stereocenters. The van der Waals surface area contributed by atoms with Crippen molar-refractivity contribution in [1.82, 2.24) is 4.90 Å². The molecule has 0 aromatic heterocycles. The lowest BCUT2D eigenvalue weighted by molar-refractivity contribution is 0.126. The van der Waals surface area contributed by atoms with Crippen LogP contribution in [0.15, 0.2) is 60.7 Å². The van der Waals surface area contributed by atoms with Crippen molar-refractivity contribution in [2.24, 2.45) is 0 Å². The van der Waals surface area contributed by atoms with E-state index in [1.165, 1.54) is 11.3 Å². The van der Waals surface area contributed by atoms with Crippen LogP contribution in [0.25, 0.3) is 0 Å². The minimum Gasteiger partial charge on any atom is -0.391 e. The molecule has 0 radical (unpaired) electrons. The van der Waals surface area contributed by atoms with E-state index in [0.29, 0.717) is 0 Å². The summed E-state index contributed by atoms with van der Waals surface area (Å²) in [7, 11) is 0. The van der Waals surface area contributed by atoms with E-state index < -0.39 is 0 Å². The molecule has 1 atom stereocenters. The van der Waals surface area contributed by atoms with Crippen molar-refractivity contribution in [3.63, 3.8) is 0 Å². The average Bonchev–Trinajstić information content (AvgIpc) is 2.64. The first-order valence-electron chi connectivity index (χ1n) is 8.63. The van der Waals surface area contributed by atoms with E-state index in [-0.39, 0.29) is 6.10 Å². The molecule has 1 heterocycles. The predicted octanol–water partition coefficient (Wildman–Crippen LogP) is 3.10. The molecule has 3 rings (SSSR count). The van der Waals surface area contributed by atoms with Gasteiger partial charge in [-0.2, -0.15) is 11.8 Å². The van der Waals surface area contributed by atoms with Crippen molar-refractivity contribution >= 4 is 17.4 Å². The van der Waals surface area contributed by atoms with Crippen molar-refractivity contribution in [2.45, 2.75) is 11.9 Å². The van der Waals surface area contributed by atoms with Crippen LogP contribution < -0.4 is 4.90 Å². The van der Waals surface area contributed by atoms with Crippen LogP contribution in [-0.4, -0.2) is 54.6 Å². The van der Waals surface area contributed by atoms with E-state index in [1.807, 2.05) is 17.8 Å². The van der Waals surface area contributed by atoms with Crippen molar-refractivity contribution in [3.05, 3.63) is 66.2 Å². The molecule has 1 aliphatic heterocycles. The summed E-state index contributed by atoms with van der Waals surface area (Å²) >= 11 is 1.81. The van der Waals surface area contributed by atoms with E-state index in [9.17, 15) is 5.11 Å². The average molecular weight is 343 g/mol. The Morgan fingerprint density at radius 3 is 2.17 bits per heavy atom. The van der Waals surface area contributed by atoms with Gasteiger partial charge in [-0.25, -0.2) is 0 Å². The van der Waals surface area contributed by atoms with E-state index in [4.69, 9.17) is 0 Å². The lowest BCUT2D eigenvalue weighted by Gasteiger charge is -2.36. The number of anilines is 1. The van der Waals surface area contributed by atoms with Gasteiger partial charge >= 0.3 is 0 Å². The third kappa shape index (κ3) is 5.26. The number of rotatable bonds is 7. The van der Waals surface area contributed by atoms with Crippen molar-refractivity contribution in [2.75, 3.05) is 43.4 Å². The highest BCUT2D eigenvalue weighted by atomic mass is 32.2. The summed E-state index contributed by atoms with van der Waals surface area (Å²) in [6.07, 6.45) is -0.248. The molecule has 3 nitrogen and oxygen atoms in total. The van der Waals surface area contributed by atoms with Crippen LogP contribution in [0.4, 0.5) is 5.69 Å². The fraction of sp³-hybridized carbons (Fsp3) is 0.400. The molecule has 0 saturated carbocycles. The number of aliphatic hydroxyl groups is 1. The van der Waals surface area contributed by atoms with Gasteiger partial charge in [-0.1, -0.05) is 48.5 Å². The van der Waals surface area contributed by atoms with Gasteiger partial charge in [-0.3, -0.25) is 4.90 Å². The topological polar surface area (TPSA) is 26.7 Å². The number of benzene rings is 2. The Balaban J connectivity index is 1.35. The van der Waals surface area contributed by atoms with E-state index in [1.54, 1.807) is 0 Å². The number of aliphatic hydroxyl groups excluding tert-OH is 1. The van der Waals surface area contributed by atoms with Crippen LogP contribution in [0.1, 0.15) is 5.56 Å². The van der Waals surface area contributed by atoms with Crippen LogP contribution in [0.2, 0.25) is 0 Å². The SMILES string of the molecule is OC(CSCc1ccccc1)CN1CCN(c2ccccc2)CC1. The largest absolute Gasteiger partial charge is 0.391 e. The highest BCUT2D eigenvalue weighted by Gasteiger charge is 2.19. The maximum atomic E-state index is 10.3. The zero-order chi connectivity index (χ0) is 16.6. The standard InChI is InChI=1S/C20H26N2OS/c23-20(17-24-16-18-7-3-1-4-8-18)15-21-11-13-22(14-12-21)19-9-5-2-6-10-19/h1-10,20,23H,11-17H2. The molecule has 0 aliphatic carbocycles. The van der Waals surface area contributed by atoms with Gasteiger partial charge in [0.1, 0.15) is 0 Å². The first-order chi connectivity index (χ1) is 11.8. The van der Waals surface area contributed by atoms with Crippen LogP contribution in [-0.2, 0) is 5.75 Å². The summed E-state index contributed by atoms with van der Waals surface area (Å²) < 4.78 is 0. The third-order valence-corrected chi connectivity index (χ3v) is 5.54. The summed E-state index contributed by atoms with van der Waals surface area (Å²) in [6, 6.07) is 21.0. The molecular formula is C20H26N2OS. The molecule has 1 N–H and O–H groups in total. The maximum Gasteiger partial charge on any atom is 0.0757 e. The summed E-state index contributed by atoms with van der Waals surface area (Å²) in [5, 5.41) is 10.3. The number of hydrogen-bond acceptors (Lipinski definition) is 4. The van der Waals surface area contributed by atoms with Crippen molar-refractivity contribution in [3.8, 4) is 0 Å². The quantitative estimate of drug-likeness (QED) is 0.836. The minimum atomic E-state index is -0.248. The number of hydrogen-bond donors (Lipinski definition) is 1. The Bertz CT molecular complexity index is 585. The number of β-amino-alcohol motifs (C(OH)–C–C–N with tert-alkyl or cyclic N) is 1. The molecule has 1 saturated heterocycles. The molecule has 2 aromatic carbocycles. The fourth-order valence-corrected chi connectivity index (χ4v) is 3.99. The number of thioether (sulfide) groups is 1.